The number of amides is 1. The van der Waals surface area contributed by atoms with Crippen LogP contribution in [-0.2, 0) is 4.79 Å². The zero-order valence-electron chi connectivity index (χ0n) is 16.3. The highest BCUT2D eigenvalue weighted by atomic mass is 32.2. The number of nitrogens with zero attached hydrogens (tertiary/aromatic N) is 1. The molecule has 3 aromatic rings. The highest BCUT2D eigenvalue weighted by Gasteiger charge is 2.30. The summed E-state index contributed by atoms with van der Waals surface area (Å²) in [4.78, 5) is 19.9. The number of benzene rings is 1. The van der Waals surface area contributed by atoms with E-state index in [1.54, 1.807) is 11.9 Å². The summed E-state index contributed by atoms with van der Waals surface area (Å²) in [5.41, 5.74) is 4.05. The average molecular weight is 395 g/mol. The summed E-state index contributed by atoms with van der Waals surface area (Å²) in [7, 11) is 0. The number of nitrogens with one attached hydrogen (secondary N) is 3. The molecule has 0 aliphatic heterocycles. The van der Waals surface area contributed by atoms with Crippen molar-refractivity contribution in [1.29, 1.82) is 0 Å². The van der Waals surface area contributed by atoms with Crippen molar-refractivity contribution in [1.82, 2.24) is 9.97 Å². The summed E-state index contributed by atoms with van der Waals surface area (Å²) in [5.74, 6) is 2.65. The van der Waals surface area contributed by atoms with Crippen molar-refractivity contribution in [3.05, 3.63) is 42.6 Å². The second-order valence-corrected chi connectivity index (χ2v) is 8.67. The van der Waals surface area contributed by atoms with Gasteiger partial charge in [-0.1, -0.05) is 37.9 Å². The Balaban J connectivity index is 1.52. The predicted octanol–water partition coefficient (Wildman–Crippen LogP) is 5.68. The van der Waals surface area contributed by atoms with Crippen LogP contribution < -0.4 is 10.0 Å². The van der Waals surface area contributed by atoms with Crippen molar-refractivity contribution in [2.45, 2.75) is 33.1 Å². The fourth-order valence-corrected chi connectivity index (χ4v) is 4.06. The maximum Gasteiger partial charge on any atom is 0.228 e. The van der Waals surface area contributed by atoms with Gasteiger partial charge in [-0.3, -0.25) is 4.79 Å². The summed E-state index contributed by atoms with van der Waals surface area (Å²) in [5, 5.41) is 4.02. The van der Waals surface area contributed by atoms with E-state index in [0.29, 0.717) is 5.82 Å². The molecule has 1 aliphatic rings. The van der Waals surface area contributed by atoms with E-state index in [-0.39, 0.29) is 11.8 Å². The Morgan fingerprint density at radius 1 is 1.25 bits per heavy atom. The number of aromatic amines is 1. The Morgan fingerprint density at radius 2 is 2.04 bits per heavy atom. The number of rotatable bonds is 8. The Kier molecular flexibility index (Phi) is 5.57. The molecule has 1 aliphatic carbocycles. The Bertz CT molecular complexity index is 960. The molecule has 28 heavy (non-hydrogen) atoms. The van der Waals surface area contributed by atoms with E-state index in [4.69, 9.17) is 0 Å². The highest BCUT2D eigenvalue weighted by Crippen LogP contribution is 2.33. The van der Waals surface area contributed by atoms with Crippen molar-refractivity contribution >= 4 is 40.4 Å². The summed E-state index contributed by atoms with van der Waals surface area (Å²) in [6.07, 6.45) is 5.04. The molecule has 146 valence electrons. The number of carbonyl (C=O) groups excluding carboxylic acids is 1. The molecule has 2 aromatic heterocycles. The molecule has 0 unspecified atom stereocenters. The molecule has 5 nitrogen and oxygen atoms in total. The van der Waals surface area contributed by atoms with Gasteiger partial charge in [0.15, 0.2) is 0 Å². The molecular weight excluding hydrogens is 368 g/mol. The minimum Gasteiger partial charge on any atom is -0.346 e. The molecule has 4 rings (SSSR count). The number of anilines is 2. The second kappa shape index (κ2) is 8.27. The number of pyridine rings is 1. The maximum atomic E-state index is 12.1. The Labute approximate surface area is 169 Å². The van der Waals surface area contributed by atoms with Gasteiger partial charge in [0.05, 0.1) is 0 Å². The summed E-state index contributed by atoms with van der Waals surface area (Å²) >= 11 is 1.75. The van der Waals surface area contributed by atoms with Gasteiger partial charge in [0.2, 0.25) is 5.91 Å². The van der Waals surface area contributed by atoms with E-state index in [2.05, 4.69) is 58.1 Å². The largest absolute Gasteiger partial charge is 0.346 e. The first-order valence-corrected chi connectivity index (χ1v) is 10.9. The normalized spacial score (nSPS) is 13.8. The fraction of sp³-hybridized carbons (Fsp3) is 0.364. The summed E-state index contributed by atoms with van der Waals surface area (Å²) < 4.78 is 3.41. The van der Waals surface area contributed by atoms with Gasteiger partial charge in [0.25, 0.3) is 0 Å². The van der Waals surface area contributed by atoms with Crippen LogP contribution in [0.1, 0.15) is 33.1 Å². The zero-order chi connectivity index (χ0) is 19.5. The molecule has 1 saturated carbocycles. The molecule has 0 atom stereocenters. The minimum absolute atomic E-state index is 0.0716. The number of fused-ring (bicyclic) bond motifs is 1. The lowest BCUT2D eigenvalue weighted by Crippen LogP contribution is -2.14. The van der Waals surface area contributed by atoms with Crippen LogP contribution in [0.3, 0.4) is 0 Å². The van der Waals surface area contributed by atoms with Crippen molar-refractivity contribution in [3.8, 4) is 11.1 Å². The van der Waals surface area contributed by atoms with E-state index in [9.17, 15) is 4.79 Å². The topological polar surface area (TPSA) is 69.8 Å². The summed E-state index contributed by atoms with van der Waals surface area (Å²) in [6.45, 7) is 4.49. The molecule has 0 saturated heterocycles. The van der Waals surface area contributed by atoms with Crippen LogP contribution in [0, 0.1) is 11.8 Å². The standard InChI is InChI=1S/C22H26N4OS/c1-14(2)10-12-28-26-17-7-5-15(6-8-17)19-13-20(25-22(27)16-3-4-16)24-21-18(19)9-11-23-21/h5-9,11,13-14,16,26H,3-4,10,12H2,1-2H3,(H2,23,24,25,27). The van der Waals surface area contributed by atoms with Crippen LogP contribution in [0.15, 0.2) is 42.6 Å². The van der Waals surface area contributed by atoms with E-state index in [1.165, 1.54) is 6.42 Å². The molecule has 3 N–H and O–H groups in total. The molecule has 0 radical (unpaired) electrons. The van der Waals surface area contributed by atoms with Crippen molar-refractivity contribution < 1.29 is 4.79 Å². The zero-order valence-corrected chi connectivity index (χ0v) is 17.1. The first-order valence-electron chi connectivity index (χ1n) is 9.87. The Morgan fingerprint density at radius 3 is 2.75 bits per heavy atom. The second-order valence-electron chi connectivity index (χ2n) is 7.77. The molecule has 2 heterocycles. The number of aromatic nitrogens is 2. The van der Waals surface area contributed by atoms with Gasteiger partial charge >= 0.3 is 0 Å². The van der Waals surface area contributed by atoms with E-state index >= 15 is 0 Å². The molecule has 1 amide bonds. The first-order chi connectivity index (χ1) is 13.6. The predicted molar refractivity (Wildman–Crippen MR) is 118 cm³/mol. The van der Waals surface area contributed by atoms with Gasteiger partial charge in [-0.25, -0.2) is 4.98 Å². The highest BCUT2D eigenvalue weighted by molar-refractivity contribution is 8.00. The lowest BCUT2D eigenvalue weighted by Gasteiger charge is -2.10. The van der Waals surface area contributed by atoms with Gasteiger partial charge < -0.3 is 15.0 Å². The lowest BCUT2D eigenvalue weighted by molar-refractivity contribution is -0.117. The van der Waals surface area contributed by atoms with Crippen LogP contribution in [0.25, 0.3) is 22.2 Å². The molecular formula is C22H26N4OS. The van der Waals surface area contributed by atoms with Crippen LogP contribution in [0.5, 0.6) is 0 Å². The SMILES string of the molecule is CC(C)CCSNc1ccc(-c2cc(NC(=O)C3CC3)nc3[nH]ccc23)cc1. The fourth-order valence-electron chi connectivity index (χ4n) is 3.06. The van der Waals surface area contributed by atoms with Gasteiger partial charge in [-0.15, -0.1) is 0 Å². The van der Waals surface area contributed by atoms with E-state index < -0.39 is 0 Å². The van der Waals surface area contributed by atoms with Crippen molar-refractivity contribution in [3.63, 3.8) is 0 Å². The molecule has 1 fully saturated rings. The molecule has 1 aromatic carbocycles. The smallest absolute Gasteiger partial charge is 0.228 e. The van der Waals surface area contributed by atoms with E-state index in [0.717, 1.165) is 52.4 Å². The third-order valence-corrected chi connectivity index (χ3v) is 5.73. The minimum atomic E-state index is 0.0716. The first kappa shape index (κ1) is 18.9. The summed E-state index contributed by atoms with van der Waals surface area (Å²) in [6, 6.07) is 12.4. The number of carbonyl (C=O) groups is 1. The molecule has 0 bridgehead atoms. The van der Waals surface area contributed by atoms with Crippen molar-refractivity contribution in [2.75, 3.05) is 15.8 Å². The van der Waals surface area contributed by atoms with Gasteiger partial charge in [0.1, 0.15) is 11.5 Å². The van der Waals surface area contributed by atoms with Gasteiger partial charge in [-0.05, 0) is 60.6 Å². The van der Waals surface area contributed by atoms with Crippen LogP contribution in [-0.4, -0.2) is 21.6 Å². The van der Waals surface area contributed by atoms with E-state index in [1.807, 2.05) is 18.3 Å². The number of hydrogen-bond donors (Lipinski definition) is 3. The lowest BCUT2D eigenvalue weighted by atomic mass is 10.0. The van der Waals surface area contributed by atoms with Crippen LogP contribution in [0.4, 0.5) is 11.5 Å². The van der Waals surface area contributed by atoms with Crippen LogP contribution >= 0.6 is 11.9 Å². The van der Waals surface area contributed by atoms with Crippen molar-refractivity contribution in [2.24, 2.45) is 11.8 Å². The maximum absolute atomic E-state index is 12.1. The van der Waals surface area contributed by atoms with Gasteiger partial charge in [0, 0.05) is 28.9 Å². The Hall–Kier alpha value is -2.47. The monoisotopic (exact) mass is 394 g/mol. The number of hydrogen-bond acceptors (Lipinski definition) is 4. The van der Waals surface area contributed by atoms with Crippen LogP contribution in [0.2, 0.25) is 0 Å². The molecule has 0 spiro atoms. The quantitative estimate of drug-likeness (QED) is 0.339. The third kappa shape index (κ3) is 4.50. The van der Waals surface area contributed by atoms with Gasteiger partial charge in [-0.2, -0.15) is 0 Å². The number of H-pyrrole nitrogens is 1. The third-order valence-electron chi connectivity index (χ3n) is 4.91. The molecule has 6 heteroatoms. The average Bonchev–Trinajstić information content (AvgIpc) is 3.43.